The van der Waals surface area contributed by atoms with Gasteiger partial charge in [0.25, 0.3) is 11.8 Å². The molecule has 3 aliphatic rings. The second kappa shape index (κ2) is 24.3. The average molecular weight is 1070 g/mol. The zero-order chi connectivity index (χ0) is 56.0. The minimum absolute atomic E-state index is 0.00605. The Kier molecular flexibility index (Phi) is 18.3. The highest BCUT2D eigenvalue weighted by molar-refractivity contribution is 5.96. The van der Waals surface area contributed by atoms with E-state index >= 15 is 0 Å². The third kappa shape index (κ3) is 14.3. The summed E-state index contributed by atoms with van der Waals surface area (Å²) in [5.74, 6) is 3.34. The summed E-state index contributed by atoms with van der Waals surface area (Å²) in [4.78, 5) is 67.0. The van der Waals surface area contributed by atoms with E-state index in [1.807, 2.05) is 90.9 Å². The highest BCUT2D eigenvalue weighted by Crippen LogP contribution is 2.44. The largest absolute Gasteiger partial charge is 0.492 e. The Balaban J connectivity index is 1.26. The van der Waals surface area contributed by atoms with Crippen molar-refractivity contribution in [2.75, 3.05) is 67.2 Å². The quantitative estimate of drug-likeness (QED) is 0.0293. The minimum atomic E-state index is -4.67. The number of aromatic nitrogens is 2. The Morgan fingerprint density at radius 3 is 2.52 bits per heavy atom. The Hall–Kier alpha value is -6.69. The molecule has 0 saturated carbocycles. The molecule has 77 heavy (non-hydrogen) atoms. The van der Waals surface area contributed by atoms with Crippen LogP contribution in [-0.4, -0.2) is 145 Å². The van der Waals surface area contributed by atoms with Gasteiger partial charge in [-0.3, -0.25) is 34.1 Å². The van der Waals surface area contributed by atoms with Gasteiger partial charge in [-0.2, -0.15) is 13.2 Å². The number of carbonyl (C=O) groups excluding carboxylic acids is 4. The van der Waals surface area contributed by atoms with Crippen molar-refractivity contribution in [2.45, 2.75) is 117 Å². The standard InChI is InChI=1S/C56H71F3N10O8/c1-34(2)44(31-76-40-29-67(30-40)48(70)18-19-55(6,7)66(8)9)51(71)63-46-24-36-13-11-14-37(23-36)38-16-17-47-41(25-38)43(27-54(4,5)33-77-53(73)45-15-12-21-69(64-45)52(46)72)50(68(47)32-56(57,58)59)42-26-39(75-22-20-62-65-60)28-61-49(42)35(3)74-10/h11,13-14,16-17,23,25-26,28,34-35,40,44-46,64H,12,15,20-22,24,27,29-33H2,1-10H3,(H,63,71)/t35-,44-,45-,46-/m0/s1. The molecule has 18 nitrogen and oxygen atoms in total. The predicted molar refractivity (Wildman–Crippen MR) is 284 cm³/mol. The molecule has 2 aromatic carbocycles. The molecule has 0 radical (unpaired) electrons. The molecule has 3 amide bonds. The molecule has 7 rings (SSSR count). The number of esters is 1. The Bertz CT molecular complexity index is 2930. The van der Waals surface area contributed by atoms with Crippen LogP contribution in [0.15, 0.2) is 59.8 Å². The van der Waals surface area contributed by atoms with Gasteiger partial charge in [0.15, 0.2) is 0 Å². The van der Waals surface area contributed by atoms with Crippen LogP contribution in [0, 0.1) is 29.1 Å². The zero-order valence-corrected chi connectivity index (χ0v) is 45.6. The number of nitrogens with one attached hydrogen (secondary N) is 2. The SMILES string of the molecule is CO[C@@H](C)c1ncc(OCCN=[N+]=[N-])cc1-c1c2c3cc(ccc3n1CC(F)(F)F)-c1cccc(c1)C[C@H](NC(=O)[C@@H](COC1CN(C(=O)C#CC(C)(C)N(C)C)C1)C(C)C)C(=O)N1CCC[C@H](N1)C(=O)OCC(C)(C)C2. The maximum Gasteiger partial charge on any atom is 0.406 e. The van der Waals surface area contributed by atoms with Gasteiger partial charge in [0.2, 0.25) is 5.91 Å². The Labute approximate surface area is 447 Å². The second-order valence-electron chi connectivity index (χ2n) is 22.0. The zero-order valence-electron chi connectivity index (χ0n) is 45.6. The number of cyclic esters (lactones) is 1. The van der Waals surface area contributed by atoms with E-state index < -0.39 is 65.6 Å². The number of methoxy groups -OCH3 is 1. The number of hydrogen-bond acceptors (Lipinski definition) is 12. The summed E-state index contributed by atoms with van der Waals surface area (Å²) in [7, 11) is 5.27. The van der Waals surface area contributed by atoms with Crippen molar-refractivity contribution >= 4 is 34.6 Å². The van der Waals surface area contributed by atoms with Crippen LogP contribution in [0.5, 0.6) is 5.75 Å². The van der Waals surface area contributed by atoms with Crippen molar-refractivity contribution in [3.8, 4) is 40.0 Å². The summed E-state index contributed by atoms with van der Waals surface area (Å²) in [6.07, 6.45) is -3.20. The molecule has 2 aromatic heterocycles. The first-order valence-corrected chi connectivity index (χ1v) is 26.0. The number of carbonyl (C=O) groups is 4. The smallest absolute Gasteiger partial charge is 0.406 e. The second-order valence-corrected chi connectivity index (χ2v) is 22.0. The van der Waals surface area contributed by atoms with Gasteiger partial charge in [-0.05, 0) is 112 Å². The van der Waals surface area contributed by atoms with Crippen LogP contribution in [0.4, 0.5) is 13.2 Å². The van der Waals surface area contributed by atoms with Crippen LogP contribution in [0.2, 0.25) is 0 Å². The lowest BCUT2D eigenvalue weighted by molar-refractivity contribution is -0.155. The molecule has 5 heterocycles. The fourth-order valence-corrected chi connectivity index (χ4v) is 9.55. The molecule has 6 bridgehead atoms. The molecular formula is C56H71F3N10O8. The van der Waals surface area contributed by atoms with Gasteiger partial charge in [-0.25, -0.2) is 5.43 Å². The summed E-state index contributed by atoms with van der Waals surface area (Å²) >= 11 is 0. The van der Waals surface area contributed by atoms with Crippen LogP contribution in [0.3, 0.4) is 0 Å². The van der Waals surface area contributed by atoms with E-state index in [2.05, 4.69) is 37.6 Å². The summed E-state index contributed by atoms with van der Waals surface area (Å²) in [6, 6.07) is 12.3. The molecular weight excluding hydrogens is 998 g/mol. The van der Waals surface area contributed by atoms with E-state index in [4.69, 9.17) is 24.5 Å². The van der Waals surface area contributed by atoms with Crippen molar-refractivity contribution in [3.63, 3.8) is 0 Å². The van der Waals surface area contributed by atoms with E-state index in [1.54, 1.807) is 30.0 Å². The van der Waals surface area contributed by atoms with Crippen molar-refractivity contribution in [1.82, 2.24) is 35.1 Å². The lowest BCUT2D eigenvalue weighted by atomic mass is 9.84. The lowest BCUT2D eigenvalue weighted by Gasteiger charge is -2.39. The van der Waals surface area contributed by atoms with E-state index in [0.717, 1.165) is 0 Å². The van der Waals surface area contributed by atoms with E-state index in [1.165, 1.54) is 22.9 Å². The van der Waals surface area contributed by atoms with E-state index in [-0.39, 0.29) is 75.1 Å². The molecule has 0 spiro atoms. The third-order valence-corrected chi connectivity index (χ3v) is 14.6. The fraction of sp³-hybridized carbons (Fsp3) is 0.554. The van der Waals surface area contributed by atoms with Crippen molar-refractivity contribution in [2.24, 2.45) is 22.4 Å². The fourth-order valence-electron chi connectivity index (χ4n) is 9.55. The number of hydrazine groups is 1. The van der Waals surface area contributed by atoms with Crippen molar-refractivity contribution in [3.05, 3.63) is 82.0 Å². The number of hydrogen-bond donors (Lipinski definition) is 2. The molecule has 4 aromatic rings. The first kappa shape index (κ1) is 58.0. The first-order chi connectivity index (χ1) is 36.4. The monoisotopic (exact) mass is 1070 g/mol. The summed E-state index contributed by atoms with van der Waals surface area (Å²) in [5.41, 5.74) is 14.4. The number of benzene rings is 2. The minimum Gasteiger partial charge on any atom is -0.492 e. The van der Waals surface area contributed by atoms with Crippen LogP contribution in [-0.2, 0) is 52.8 Å². The van der Waals surface area contributed by atoms with Crippen LogP contribution in [0.1, 0.15) is 84.2 Å². The average Bonchev–Trinajstić information content (AvgIpc) is 3.70. The van der Waals surface area contributed by atoms with Gasteiger partial charge in [-0.15, -0.1) is 0 Å². The molecule has 2 saturated heterocycles. The maximum absolute atomic E-state index is 15.0. The van der Waals surface area contributed by atoms with Crippen molar-refractivity contribution < 1.29 is 51.3 Å². The number of fused-ring (bicyclic) bond motifs is 6. The Morgan fingerprint density at radius 1 is 1.09 bits per heavy atom. The number of rotatable bonds is 15. The summed E-state index contributed by atoms with van der Waals surface area (Å²) in [5, 5.41) is 8.47. The van der Waals surface area contributed by atoms with Gasteiger partial charge in [0, 0.05) is 60.0 Å². The van der Waals surface area contributed by atoms with Gasteiger partial charge in [-0.1, -0.05) is 69.1 Å². The van der Waals surface area contributed by atoms with Crippen molar-refractivity contribution in [1.29, 1.82) is 0 Å². The molecule has 3 aliphatic heterocycles. The highest BCUT2D eigenvalue weighted by atomic mass is 19.4. The molecule has 414 valence electrons. The van der Waals surface area contributed by atoms with Crippen LogP contribution < -0.4 is 15.5 Å². The van der Waals surface area contributed by atoms with Crippen LogP contribution in [0.25, 0.3) is 43.7 Å². The number of likely N-dealkylation sites (tertiary alicyclic amines) is 1. The number of alkyl halides is 3. The molecule has 21 heteroatoms. The van der Waals surface area contributed by atoms with Gasteiger partial charge in [0.05, 0.1) is 67.6 Å². The number of amides is 3. The normalized spacial score (nSPS) is 19.1. The van der Waals surface area contributed by atoms with Gasteiger partial charge >= 0.3 is 12.1 Å². The van der Waals surface area contributed by atoms with E-state index in [0.29, 0.717) is 70.3 Å². The summed E-state index contributed by atoms with van der Waals surface area (Å²) < 4.78 is 70.0. The number of azide groups is 1. The lowest BCUT2D eigenvalue weighted by Crippen LogP contribution is -2.61. The topological polar surface area (TPSA) is 206 Å². The molecule has 0 unspecified atom stereocenters. The van der Waals surface area contributed by atoms with E-state index in [9.17, 15) is 32.3 Å². The number of ether oxygens (including phenoxy) is 4. The molecule has 2 fully saturated rings. The summed E-state index contributed by atoms with van der Waals surface area (Å²) in [6.45, 7) is 12.6. The number of halogens is 3. The Morgan fingerprint density at radius 2 is 1.83 bits per heavy atom. The molecule has 0 aliphatic carbocycles. The maximum atomic E-state index is 15.0. The van der Waals surface area contributed by atoms with Gasteiger partial charge in [0.1, 0.15) is 24.4 Å². The van der Waals surface area contributed by atoms with Gasteiger partial charge < -0.3 is 33.7 Å². The molecule has 4 atom stereocenters. The predicted octanol–water partition coefficient (Wildman–Crippen LogP) is 7.82. The number of pyridine rings is 1. The number of nitrogens with zero attached hydrogens (tertiary/aromatic N) is 8. The first-order valence-electron chi connectivity index (χ1n) is 26.0. The third-order valence-electron chi connectivity index (χ3n) is 14.6. The molecule has 2 N–H and O–H groups in total. The highest BCUT2D eigenvalue weighted by Gasteiger charge is 2.39. The van der Waals surface area contributed by atoms with Crippen LogP contribution >= 0.6 is 0 Å².